The number of aliphatic hydroxyl groups is 2. The van der Waals surface area contributed by atoms with Crippen molar-refractivity contribution in [1.82, 2.24) is 0 Å². The lowest BCUT2D eigenvalue weighted by molar-refractivity contribution is -0.139. The molecule has 0 amide bonds. The fourth-order valence-corrected chi connectivity index (χ4v) is 1.31. The van der Waals surface area contributed by atoms with Crippen LogP contribution in [0.4, 0.5) is 0 Å². The second-order valence-electron chi connectivity index (χ2n) is 5.21. The summed E-state index contributed by atoms with van der Waals surface area (Å²) in [6, 6.07) is 5.02. The molecule has 1 atom stereocenters. The Morgan fingerprint density at radius 3 is 1.19 bits per heavy atom. The van der Waals surface area contributed by atoms with Crippen molar-refractivity contribution in [3.8, 4) is 0 Å². The van der Waals surface area contributed by atoms with Crippen molar-refractivity contribution in [2.45, 2.75) is 38.7 Å². The smallest absolute Gasteiger partial charge is 0.335 e. The number of hydrogen-bond donors (Lipinski definition) is 6. The summed E-state index contributed by atoms with van der Waals surface area (Å²) < 4.78 is 0. The van der Waals surface area contributed by atoms with E-state index in [0.717, 1.165) is 0 Å². The first-order valence-electron chi connectivity index (χ1n) is 7.80. The normalized spacial score (nSPS) is 10.3. The van der Waals surface area contributed by atoms with Gasteiger partial charge in [0, 0.05) is 12.8 Å². The number of aliphatic hydroxyl groups excluding tert-OH is 2. The van der Waals surface area contributed by atoms with Gasteiger partial charge >= 0.3 is 23.9 Å². The summed E-state index contributed by atoms with van der Waals surface area (Å²) in [6.07, 6.45) is 0.457. The Morgan fingerprint density at radius 2 is 1.04 bits per heavy atom. The van der Waals surface area contributed by atoms with Crippen LogP contribution in [-0.4, -0.2) is 67.2 Å². The zero-order valence-corrected chi connectivity index (χ0v) is 14.7. The molecule has 0 aliphatic heterocycles. The fourth-order valence-electron chi connectivity index (χ4n) is 1.31. The third kappa shape index (κ3) is 17.6. The number of aliphatic carboxylic acids is 2. The number of carboxylic acids is 4. The Balaban J connectivity index is 0. The van der Waals surface area contributed by atoms with E-state index in [1.165, 1.54) is 31.2 Å². The van der Waals surface area contributed by atoms with E-state index in [1.807, 2.05) is 0 Å². The molecule has 6 N–H and O–H groups in total. The molecule has 0 saturated carbocycles. The van der Waals surface area contributed by atoms with Crippen molar-refractivity contribution in [2.24, 2.45) is 0 Å². The standard InChI is InChI=1S/C8H6O4.C6H10O4.C3H8O2/c9-7(10)5-1-2-6(4-3-5)8(11)12;7-5(8)3-1-2-4-6(9)10;1-3(5)2-4/h1-4H,(H,9,10)(H,11,12);1-4H2,(H,7,8)(H,9,10);3-5H,2H2,1H3. The van der Waals surface area contributed by atoms with Crippen LogP contribution in [0.3, 0.4) is 0 Å². The Morgan fingerprint density at radius 1 is 0.778 bits per heavy atom. The zero-order chi connectivity index (χ0) is 21.4. The van der Waals surface area contributed by atoms with Gasteiger partial charge in [0.25, 0.3) is 0 Å². The Labute approximate surface area is 155 Å². The molecule has 0 aromatic heterocycles. The molecule has 10 heteroatoms. The minimum Gasteiger partial charge on any atom is -0.481 e. The van der Waals surface area contributed by atoms with Crippen molar-refractivity contribution in [2.75, 3.05) is 6.61 Å². The molecular formula is C17H24O10. The van der Waals surface area contributed by atoms with Crippen LogP contribution in [-0.2, 0) is 9.59 Å². The minimum atomic E-state index is -1.06. The van der Waals surface area contributed by atoms with Crippen molar-refractivity contribution in [1.29, 1.82) is 0 Å². The Bertz CT molecular complexity index is 543. The van der Waals surface area contributed by atoms with Crippen LogP contribution in [0.5, 0.6) is 0 Å². The van der Waals surface area contributed by atoms with Gasteiger partial charge in [0.2, 0.25) is 0 Å². The molecule has 0 spiro atoms. The van der Waals surface area contributed by atoms with Crippen molar-refractivity contribution < 1.29 is 49.8 Å². The number of hydrogen-bond acceptors (Lipinski definition) is 6. The van der Waals surface area contributed by atoms with Gasteiger partial charge in [-0.2, -0.15) is 0 Å². The highest BCUT2D eigenvalue weighted by Crippen LogP contribution is 2.03. The van der Waals surface area contributed by atoms with Crippen molar-refractivity contribution in [3.63, 3.8) is 0 Å². The van der Waals surface area contributed by atoms with E-state index in [2.05, 4.69) is 0 Å². The summed E-state index contributed by atoms with van der Waals surface area (Å²) in [4.78, 5) is 40.5. The first kappa shape index (κ1) is 26.3. The highest BCUT2D eigenvalue weighted by atomic mass is 16.4. The first-order valence-corrected chi connectivity index (χ1v) is 7.80. The maximum atomic E-state index is 10.3. The molecule has 1 rings (SSSR count). The van der Waals surface area contributed by atoms with Gasteiger partial charge in [-0.05, 0) is 44.0 Å². The number of aromatic carboxylic acids is 2. The summed E-state index contributed by atoms with van der Waals surface area (Å²) in [6.45, 7) is 1.39. The van der Waals surface area contributed by atoms with E-state index in [-0.39, 0.29) is 30.6 Å². The van der Waals surface area contributed by atoms with E-state index in [4.69, 9.17) is 30.6 Å². The first-order chi connectivity index (χ1) is 12.5. The number of carbonyl (C=O) groups is 4. The molecule has 0 aliphatic rings. The molecule has 1 aromatic rings. The number of rotatable bonds is 8. The third-order valence-electron chi connectivity index (χ3n) is 2.67. The van der Waals surface area contributed by atoms with E-state index >= 15 is 0 Å². The van der Waals surface area contributed by atoms with Crippen LogP contribution < -0.4 is 0 Å². The molecule has 10 nitrogen and oxygen atoms in total. The van der Waals surface area contributed by atoms with Crippen molar-refractivity contribution in [3.05, 3.63) is 35.4 Å². The molecule has 1 aromatic carbocycles. The van der Waals surface area contributed by atoms with Crippen LogP contribution in [0.1, 0.15) is 53.3 Å². The number of unbranched alkanes of at least 4 members (excludes halogenated alkanes) is 1. The van der Waals surface area contributed by atoms with E-state index in [0.29, 0.717) is 12.8 Å². The van der Waals surface area contributed by atoms with E-state index in [9.17, 15) is 19.2 Å². The topological polar surface area (TPSA) is 190 Å². The van der Waals surface area contributed by atoms with Gasteiger partial charge < -0.3 is 30.6 Å². The summed E-state index contributed by atoms with van der Waals surface area (Å²) in [7, 11) is 0. The Hall–Kier alpha value is -2.98. The Kier molecular flexibility index (Phi) is 14.9. The predicted molar refractivity (Wildman–Crippen MR) is 92.9 cm³/mol. The summed E-state index contributed by atoms with van der Waals surface area (Å²) in [5.74, 6) is -3.87. The second kappa shape index (κ2) is 15.3. The van der Waals surface area contributed by atoms with Gasteiger partial charge in [0.1, 0.15) is 0 Å². The molecule has 0 heterocycles. The molecule has 0 fully saturated rings. The van der Waals surface area contributed by atoms with Gasteiger partial charge in [0.15, 0.2) is 0 Å². The molecule has 0 saturated heterocycles. The van der Waals surface area contributed by atoms with Gasteiger partial charge in [-0.15, -0.1) is 0 Å². The molecule has 0 bridgehead atoms. The predicted octanol–water partition coefficient (Wildman–Crippen LogP) is 1.16. The molecule has 0 radical (unpaired) electrons. The van der Waals surface area contributed by atoms with Gasteiger partial charge in [-0.3, -0.25) is 9.59 Å². The second-order valence-corrected chi connectivity index (χ2v) is 5.21. The van der Waals surface area contributed by atoms with Crippen LogP contribution in [0.2, 0.25) is 0 Å². The SMILES string of the molecule is CC(O)CO.O=C(O)CCCCC(=O)O.O=C(O)c1ccc(C(=O)O)cc1. The highest BCUT2D eigenvalue weighted by Gasteiger charge is 2.04. The average molecular weight is 388 g/mol. The lowest BCUT2D eigenvalue weighted by Gasteiger charge is -1.94. The third-order valence-corrected chi connectivity index (χ3v) is 2.67. The van der Waals surface area contributed by atoms with Crippen LogP contribution in [0, 0.1) is 0 Å². The van der Waals surface area contributed by atoms with Gasteiger partial charge in [-0.1, -0.05) is 0 Å². The van der Waals surface area contributed by atoms with E-state index in [1.54, 1.807) is 0 Å². The lowest BCUT2D eigenvalue weighted by atomic mass is 10.1. The number of carboxylic acid groups (broad SMARTS) is 4. The highest BCUT2D eigenvalue weighted by molar-refractivity contribution is 5.91. The molecular weight excluding hydrogens is 364 g/mol. The molecule has 27 heavy (non-hydrogen) atoms. The largest absolute Gasteiger partial charge is 0.481 e. The maximum absolute atomic E-state index is 10.3. The number of benzene rings is 1. The minimum absolute atomic E-state index is 0.0628. The van der Waals surface area contributed by atoms with E-state index < -0.39 is 30.0 Å². The lowest BCUT2D eigenvalue weighted by Crippen LogP contribution is -2.03. The average Bonchev–Trinajstić information content (AvgIpc) is 2.59. The van der Waals surface area contributed by atoms with Gasteiger partial charge in [0.05, 0.1) is 23.8 Å². The quantitative estimate of drug-likeness (QED) is 0.352. The van der Waals surface area contributed by atoms with Crippen LogP contribution in [0.25, 0.3) is 0 Å². The monoisotopic (exact) mass is 388 g/mol. The zero-order valence-electron chi connectivity index (χ0n) is 14.7. The molecule has 0 aliphatic carbocycles. The fraction of sp³-hybridized carbons (Fsp3) is 0.412. The van der Waals surface area contributed by atoms with Crippen LogP contribution in [0.15, 0.2) is 24.3 Å². The van der Waals surface area contributed by atoms with Crippen LogP contribution >= 0.6 is 0 Å². The van der Waals surface area contributed by atoms with Gasteiger partial charge in [-0.25, -0.2) is 9.59 Å². The summed E-state index contributed by atoms with van der Waals surface area (Å²) in [5.41, 5.74) is 0.167. The molecule has 1 unspecified atom stereocenters. The summed E-state index contributed by atoms with van der Waals surface area (Å²) >= 11 is 0. The summed E-state index contributed by atoms with van der Waals surface area (Å²) in [5, 5.41) is 49.2. The maximum Gasteiger partial charge on any atom is 0.335 e. The van der Waals surface area contributed by atoms with Crippen molar-refractivity contribution >= 4 is 23.9 Å². The molecule has 152 valence electrons.